The van der Waals surface area contributed by atoms with Gasteiger partial charge in [-0.1, -0.05) is 12.2 Å². The van der Waals surface area contributed by atoms with Crippen LogP contribution in [0.25, 0.3) is 33.7 Å². The van der Waals surface area contributed by atoms with Crippen LogP contribution < -0.4 is 0 Å². The van der Waals surface area contributed by atoms with E-state index in [0.717, 1.165) is 24.3 Å². The maximum atomic E-state index is 14.2. The van der Waals surface area contributed by atoms with Crippen LogP contribution in [0.15, 0.2) is 48.5 Å². The van der Waals surface area contributed by atoms with Crippen molar-refractivity contribution < 1.29 is 26.3 Å². The second-order valence-electron chi connectivity index (χ2n) is 6.30. The fourth-order valence-electron chi connectivity index (χ4n) is 3.11. The molecule has 0 nitrogen and oxygen atoms in total. The van der Waals surface area contributed by atoms with E-state index >= 15 is 0 Å². The van der Waals surface area contributed by atoms with Crippen LogP contribution in [-0.2, 0) is 0 Å². The first-order valence-electron chi connectivity index (χ1n) is 8.16. The Balaban J connectivity index is 1.79. The van der Waals surface area contributed by atoms with Crippen molar-refractivity contribution in [1.29, 1.82) is 0 Å². The molecule has 4 rings (SSSR count). The Bertz CT molecular complexity index is 1170. The van der Waals surface area contributed by atoms with E-state index in [9.17, 15) is 26.3 Å². The Labute approximate surface area is 155 Å². The summed E-state index contributed by atoms with van der Waals surface area (Å²) in [5, 5.41) is -0.606. The van der Waals surface area contributed by atoms with Gasteiger partial charge in [0.25, 0.3) is 0 Å². The molecule has 0 saturated heterocycles. The van der Waals surface area contributed by atoms with Crippen molar-refractivity contribution in [3.8, 4) is 0 Å². The summed E-state index contributed by atoms with van der Waals surface area (Å²) in [6, 6.07) is 7.86. The van der Waals surface area contributed by atoms with Crippen LogP contribution in [0.4, 0.5) is 26.3 Å². The van der Waals surface area contributed by atoms with Gasteiger partial charge in [0.15, 0.2) is 0 Å². The maximum absolute atomic E-state index is 14.2. The van der Waals surface area contributed by atoms with E-state index in [4.69, 9.17) is 0 Å². The van der Waals surface area contributed by atoms with Gasteiger partial charge < -0.3 is 0 Å². The topological polar surface area (TPSA) is 0 Å². The molecular weight excluding hydrogens is 378 g/mol. The molecule has 4 aromatic carbocycles. The monoisotopic (exact) mass is 388 g/mol. The maximum Gasteiger partial charge on any atom is 0.134 e. The highest BCUT2D eigenvalue weighted by Crippen LogP contribution is 2.27. The van der Waals surface area contributed by atoms with Gasteiger partial charge in [0.1, 0.15) is 34.9 Å². The van der Waals surface area contributed by atoms with E-state index in [1.807, 2.05) is 0 Å². The zero-order chi connectivity index (χ0) is 20.0. The van der Waals surface area contributed by atoms with Crippen LogP contribution in [0.5, 0.6) is 0 Å². The first-order valence-corrected chi connectivity index (χ1v) is 8.16. The summed E-state index contributed by atoms with van der Waals surface area (Å²) in [6.07, 6.45) is 2.76. The van der Waals surface area contributed by atoms with Crippen LogP contribution in [0.2, 0.25) is 0 Å². The molecule has 0 unspecified atom stereocenters. The van der Waals surface area contributed by atoms with Gasteiger partial charge in [-0.25, -0.2) is 26.3 Å². The molecule has 0 atom stereocenters. The van der Waals surface area contributed by atoms with Crippen molar-refractivity contribution >= 4 is 33.7 Å². The first-order chi connectivity index (χ1) is 13.3. The summed E-state index contributed by atoms with van der Waals surface area (Å²) in [4.78, 5) is 0. The van der Waals surface area contributed by atoms with Crippen LogP contribution in [0, 0.1) is 34.9 Å². The molecular formula is C22H10F6. The van der Waals surface area contributed by atoms with E-state index in [0.29, 0.717) is 12.1 Å². The number of halogens is 6. The van der Waals surface area contributed by atoms with Gasteiger partial charge in [0.05, 0.1) is 0 Å². The normalized spacial score (nSPS) is 11.8. The third kappa shape index (κ3) is 3.22. The molecule has 0 aliphatic rings. The summed E-state index contributed by atoms with van der Waals surface area (Å²) in [5.41, 5.74) is 0.492. The highest BCUT2D eigenvalue weighted by molar-refractivity contribution is 5.89. The zero-order valence-corrected chi connectivity index (χ0v) is 14.0. The van der Waals surface area contributed by atoms with Gasteiger partial charge in [0, 0.05) is 33.7 Å². The highest BCUT2D eigenvalue weighted by atomic mass is 19.2. The molecule has 0 radical (unpaired) electrons. The molecule has 0 spiro atoms. The van der Waals surface area contributed by atoms with Crippen molar-refractivity contribution in [1.82, 2.24) is 0 Å². The predicted octanol–water partition coefficient (Wildman–Crippen LogP) is 7.00. The fourth-order valence-corrected chi connectivity index (χ4v) is 3.11. The minimum atomic E-state index is -0.912. The largest absolute Gasteiger partial charge is 0.207 e. The molecule has 0 fully saturated rings. The van der Waals surface area contributed by atoms with Crippen molar-refractivity contribution in [2.24, 2.45) is 0 Å². The molecule has 0 saturated carbocycles. The lowest BCUT2D eigenvalue weighted by Crippen LogP contribution is -1.90. The number of hydrogen-bond donors (Lipinski definition) is 0. The molecule has 0 N–H and O–H groups in total. The SMILES string of the molecule is Fc1cc(F)c2cc(C=Cc3cc(F)c4cc(F)cc(F)c4c3)cc(F)c2c1. The van der Waals surface area contributed by atoms with Gasteiger partial charge in [0.2, 0.25) is 0 Å². The lowest BCUT2D eigenvalue weighted by atomic mass is 10.0. The van der Waals surface area contributed by atoms with E-state index in [1.165, 1.54) is 24.3 Å². The van der Waals surface area contributed by atoms with Gasteiger partial charge in [-0.3, -0.25) is 0 Å². The summed E-state index contributed by atoms with van der Waals surface area (Å²) in [6.45, 7) is 0. The minimum absolute atomic E-state index is 0.104. The molecule has 0 amide bonds. The second-order valence-corrected chi connectivity index (χ2v) is 6.30. The van der Waals surface area contributed by atoms with E-state index in [1.54, 1.807) is 0 Å². The minimum Gasteiger partial charge on any atom is -0.207 e. The summed E-state index contributed by atoms with van der Waals surface area (Å²) < 4.78 is 82.7. The molecule has 0 aliphatic carbocycles. The van der Waals surface area contributed by atoms with Crippen molar-refractivity contribution in [2.45, 2.75) is 0 Å². The van der Waals surface area contributed by atoms with E-state index in [2.05, 4.69) is 0 Å². The Kier molecular flexibility index (Phi) is 4.34. The molecule has 0 heterocycles. The predicted molar refractivity (Wildman–Crippen MR) is 96.6 cm³/mol. The number of rotatable bonds is 2. The molecule has 6 heteroatoms. The Morgan fingerprint density at radius 3 is 1.11 bits per heavy atom. The molecule has 0 aliphatic heterocycles. The quantitative estimate of drug-likeness (QED) is 0.256. The van der Waals surface area contributed by atoms with Crippen LogP contribution in [0.3, 0.4) is 0 Å². The van der Waals surface area contributed by atoms with Crippen molar-refractivity contribution in [3.63, 3.8) is 0 Å². The van der Waals surface area contributed by atoms with E-state index in [-0.39, 0.29) is 32.7 Å². The lowest BCUT2D eigenvalue weighted by Gasteiger charge is -2.05. The first kappa shape index (κ1) is 18.1. The molecule has 4 aromatic rings. The summed E-state index contributed by atoms with van der Waals surface area (Å²) >= 11 is 0. The fraction of sp³-hybridized carbons (Fsp3) is 0. The lowest BCUT2D eigenvalue weighted by molar-refractivity contribution is 0.587. The summed E-state index contributed by atoms with van der Waals surface area (Å²) in [7, 11) is 0. The Morgan fingerprint density at radius 2 is 0.714 bits per heavy atom. The summed E-state index contributed by atoms with van der Waals surface area (Å²) in [5.74, 6) is -5.24. The average Bonchev–Trinajstić information content (AvgIpc) is 2.62. The molecule has 28 heavy (non-hydrogen) atoms. The number of fused-ring (bicyclic) bond motifs is 2. The molecule has 0 bridgehead atoms. The molecule has 140 valence electrons. The van der Waals surface area contributed by atoms with Gasteiger partial charge in [-0.15, -0.1) is 0 Å². The molecule has 0 aromatic heterocycles. The second kappa shape index (κ2) is 6.71. The van der Waals surface area contributed by atoms with Gasteiger partial charge in [-0.05, 0) is 47.5 Å². The van der Waals surface area contributed by atoms with E-state index < -0.39 is 34.9 Å². The number of benzene rings is 4. The van der Waals surface area contributed by atoms with Crippen LogP contribution in [0.1, 0.15) is 11.1 Å². The smallest absolute Gasteiger partial charge is 0.134 e. The third-order valence-electron chi connectivity index (χ3n) is 4.38. The zero-order valence-electron chi connectivity index (χ0n) is 14.0. The average molecular weight is 388 g/mol. The van der Waals surface area contributed by atoms with Gasteiger partial charge in [-0.2, -0.15) is 0 Å². The number of hydrogen-bond acceptors (Lipinski definition) is 0. The van der Waals surface area contributed by atoms with Crippen molar-refractivity contribution in [3.05, 3.63) is 94.6 Å². The van der Waals surface area contributed by atoms with Crippen LogP contribution in [-0.4, -0.2) is 0 Å². The van der Waals surface area contributed by atoms with Gasteiger partial charge >= 0.3 is 0 Å². The Hall–Kier alpha value is -3.28. The standard InChI is InChI=1S/C22H10F6/c23-13-7-17-15(21(27)9-13)3-11(5-19(17)25)1-2-12-4-16-18(20(26)6-12)8-14(24)10-22(16)28/h1-10H. The van der Waals surface area contributed by atoms with Crippen molar-refractivity contribution in [2.75, 3.05) is 0 Å². The van der Waals surface area contributed by atoms with Crippen LogP contribution >= 0.6 is 0 Å². The third-order valence-corrected chi connectivity index (χ3v) is 4.38. The Morgan fingerprint density at radius 1 is 0.393 bits per heavy atom. The highest BCUT2D eigenvalue weighted by Gasteiger charge is 2.11.